The average Bonchev–Trinajstić information content (AvgIpc) is 2.75. The Hall–Kier alpha value is -0.950. The molecule has 0 bridgehead atoms. The molecule has 0 aromatic carbocycles. The third-order valence-corrected chi connectivity index (χ3v) is 4.50. The van der Waals surface area contributed by atoms with E-state index in [4.69, 9.17) is 5.73 Å². The van der Waals surface area contributed by atoms with Crippen molar-refractivity contribution in [1.82, 2.24) is 9.88 Å². The summed E-state index contributed by atoms with van der Waals surface area (Å²) in [6.07, 6.45) is 3.04. The standard InChI is InChI=1S/C11H20N4OS2/c1-7(5-6-17-4)15(3)10(16)8-9(12)14-11(13-2)18-8/h7H,5-6,12H2,1-4H3,(H,13,14). The number of rotatable bonds is 6. The highest BCUT2D eigenvalue weighted by Gasteiger charge is 2.22. The molecule has 0 aliphatic heterocycles. The van der Waals surface area contributed by atoms with Crippen molar-refractivity contribution < 1.29 is 4.79 Å². The zero-order valence-electron chi connectivity index (χ0n) is 11.2. The number of thioether (sulfide) groups is 1. The van der Waals surface area contributed by atoms with Crippen LogP contribution in [0.1, 0.15) is 23.0 Å². The van der Waals surface area contributed by atoms with Crippen LogP contribution in [0, 0.1) is 0 Å². The molecular weight excluding hydrogens is 268 g/mol. The molecule has 18 heavy (non-hydrogen) atoms. The highest BCUT2D eigenvalue weighted by Crippen LogP contribution is 2.26. The van der Waals surface area contributed by atoms with Gasteiger partial charge in [-0.15, -0.1) is 0 Å². The summed E-state index contributed by atoms with van der Waals surface area (Å²) in [7, 11) is 3.57. The summed E-state index contributed by atoms with van der Waals surface area (Å²) in [6.45, 7) is 2.05. The fourth-order valence-electron chi connectivity index (χ4n) is 1.43. The fourth-order valence-corrected chi connectivity index (χ4v) is 2.83. The van der Waals surface area contributed by atoms with Gasteiger partial charge in [0.15, 0.2) is 5.13 Å². The number of hydrogen-bond donors (Lipinski definition) is 2. The SMILES string of the molecule is CNc1nc(N)c(C(=O)N(C)C(C)CCSC)s1. The number of amides is 1. The van der Waals surface area contributed by atoms with Gasteiger partial charge in [0.05, 0.1) is 0 Å². The summed E-state index contributed by atoms with van der Waals surface area (Å²) in [5, 5.41) is 3.57. The molecule has 3 N–H and O–H groups in total. The third kappa shape index (κ3) is 3.52. The van der Waals surface area contributed by atoms with Gasteiger partial charge in [-0.25, -0.2) is 4.98 Å². The van der Waals surface area contributed by atoms with Crippen molar-refractivity contribution in [3.8, 4) is 0 Å². The highest BCUT2D eigenvalue weighted by molar-refractivity contribution is 7.98. The van der Waals surface area contributed by atoms with E-state index in [1.165, 1.54) is 11.3 Å². The maximum Gasteiger partial charge on any atom is 0.267 e. The molecule has 0 spiro atoms. The zero-order valence-corrected chi connectivity index (χ0v) is 12.8. The lowest BCUT2D eigenvalue weighted by atomic mass is 10.2. The summed E-state index contributed by atoms with van der Waals surface area (Å²) < 4.78 is 0. The second-order valence-electron chi connectivity index (χ2n) is 4.03. The molecule has 1 aromatic heterocycles. The number of hydrogen-bond acceptors (Lipinski definition) is 6. The zero-order chi connectivity index (χ0) is 13.7. The number of anilines is 2. The van der Waals surface area contributed by atoms with Gasteiger partial charge in [-0.1, -0.05) is 11.3 Å². The van der Waals surface area contributed by atoms with Gasteiger partial charge < -0.3 is 16.0 Å². The first-order valence-electron chi connectivity index (χ1n) is 5.71. The molecule has 0 saturated heterocycles. The number of nitrogen functional groups attached to an aromatic ring is 1. The largest absolute Gasteiger partial charge is 0.382 e. The normalized spacial score (nSPS) is 12.2. The van der Waals surface area contributed by atoms with E-state index in [-0.39, 0.29) is 11.9 Å². The summed E-state index contributed by atoms with van der Waals surface area (Å²) in [5.41, 5.74) is 5.76. The Labute approximate surface area is 116 Å². The van der Waals surface area contributed by atoms with Crippen LogP contribution in [-0.4, -0.2) is 47.9 Å². The second-order valence-corrected chi connectivity index (χ2v) is 6.01. The monoisotopic (exact) mass is 288 g/mol. The van der Waals surface area contributed by atoms with Gasteiger partial charge in [0.2, 0.25) is 0 Å². The van der Waals surface area contributed by atoms with Gasteiger partial charge in [-0.2, -0.15) is 11.8 Å². The first-order valence-corrected chi connectivity index (χ1v) is 7.92. The van der Waals surface area contributed by atoms with Crippen LogP contribution in [0.5, 0.6) is 0 Å². The van der Waals surface area contributed by atoms with E-state index in [1.807, 2.05) is 14.0 Å². The molecule has 0 aliphatic rings. The van der Waals surface area contributed by atoms with Crippen molar-refractivity contribution in [3.05, 3.63) is 4.88 Å². The van der Waals surface area contributed by atoms with E-state index in [1.54, 1.807) is 23.7 Å². The lowest BCUT2D eigenvalue weighted by molar-refractivity contribution is 0.0747. The van der Waals surface area contributed by atoms with Crippen LogP contribution in [0.2, 0.25) is 0 Å². The Morgan fingerprint density at radius 3 is 2.83 bits per heavy atom. The van der Waals surface area contributed by atoms with Crippen molar-refractivity contribution >= 4 is 40.0 Å². The fraction of sp³-hybridized carbons (Fsp3) is 0.636. The molecule has 1 amide bonds. The van der Waals surface area contributed by atoms with E-state index in [0.717, 1.165) is 12.2 Å². The first kappa shape index (κ1) is 15.1. The Bertz CT molecular complexity index is 408. The van der Waals surface area contributed by atoms with Crippen LogP contribution in [-0.2, 0) is 0 Å². The van der Waals surface area contributed by atoms with Crippen LogP contribution < -0.4 is 11.1 Å². The lowest BCUT2D eigenvalue weighted by Crippen LogP contribution is -2.35. The van der Waals surface area contributed by atoms with Crippen molar-refractivity contribution in [2.24, 2.45) is 0 Å². The molecule has 0 saturated carbocycles. The highest BCUT2D eigenvalue weighted by atomic mass is 32.2. The summed E-state index contributed by atoms with van der Waals surface area (Å²) in [6, 6.07) is 0.199. The topological polar surface area (TPSA) is 71.2 Å². The van der Waals surface area contributed by atoms with E-state index in [0.29, 0.717) is 15.8 Å². The molecule has 5 nitrogen and oxygen atoms in total. The molecule has 1 aromatic rings. The quantitative estimate of drug-likeness (QED) is 0.837. The predicted octanol–water partition coefficient (Wildman–Crippen LogP) is 1.98. The Morgan fingerprint density at radius 1 is 1.67 bits per heavy atom. The molecule has 1 atom stereocenters. The van der Waals surface area contributed by atoms with Crippen molar-refractivity contribution in [1.29, 1.82) is 0 Å². The van der Waals surface area contributed by atoms with Crippen LogP contribution in [0.25, 0.3) is 0 Å². The minimum absolute atomic E-state index is 0.0555. The third-order valence-electron chi connectivity index (χ3n) is 2.78. The van der Waals surface area contributed by atoms with Crippen LogP contribution in [0.15, 0.2) is 0 Å². The molecule has 0 radical (unpaired) electrons. The van der Waals surface area contributed by atoms with E-state index in [9.17, 15) is 4.79 Å². The average molecular weight is 288 g/mol. The number of nitrogens with zero attached hydrogens (tertiary/aromatic N) is 2. The first-order chi connectivity index (χ1) is 8.51. The second kappa shape index (κ2) is 6.84. The van der Waals surface area contributed by atoms with Gasteiger partial charge in [0.25, 0.3) is 5.91 Å². The molecule has 0 aliphatic carbocycles. The summed E-state index contributed by atoms with van der Waals surface area (Å²) >= 11 is 3.08. The van der Waals surface area contributed by atoms with Crippen LogP contribution in [0.4, 0.5) is 10.9 Å². The Kier molecular flexibility index (Phi) is 5.74. The minimum atomic E-state index is -0.0555. The van der Waals surface area contributed by atoms with Crippen LogP contribution >= 0.6 is 23.1 Å². The molecular formula is C11H20N4OS2. The van der Waals surface area contributed by atoms with Gasteiger partial charge in [0.1, 0.15) is 10.7 Å². The number of carbonyl (C=O) groups excluding carboxylic acids is 1. The number of nitrogens with one attached hydrogen (secondary N) is 1. The van der Waals surface area contributed by atoms with Gasteiger partial charge in [-0.05, 0) is 25.4 Å². The van der Waals surface area contributed by atoms with Crippen molar-refractivity contribution in [2.45, 2.75) is 19.4 Å². The summed E-state index contributed by atoms with van der Waals surface area (Å²) in [5.74, 6) is 1.29. The van der Waals surface area contributed by atoms with Gasteiger partial charge in [0, 0.05) is 20.1 Å². The molecule has 7 heteroatoms. The lowest BCUT2D eigenvalue weighted by Gasteiger charge is -2.24. The molecule has 1 heterocycles. The molecule has 1 unspecified atom stereocenters. The van der Waals surface area contributed by atoms with E-state index >= 15 is 0 Å². The molecule has 0 fully saturated rings. The minimum Gasteiger partial charge on any atom is -0.382 e. The number of carbonyl (C=O) groups is 1. The Balaban J connectivity index is 2.76. The van der Waals surface area contributed by atoms with E-state index < -0.39 is 0 Å². The number of nitrogens with two attached hydrogens (primary N) is 1. The summed E-state index contributed by atoms with van der Waals surface area (Å²) in [4.78, 5) is 18.6. The maximum absolute atomic E-state index is 12.3. The van der Waals surface area contributed by atoms with Crippen LogP contribution in [0.3, 0.4) is 0 Å². The maximum atomic E-state index is 12.3. The number of aromatic nitrogens is 1. The Morgan fingerprint density at radius 2 is 2.33 bits per heavy atom. The van der Waals surface area contributed by atoms with E-state index in [2.05, 4.69) is 16.6 Å². The van der Waals surface area contributed by atoms with Gasteiger partial charge >= 0.3 is 0 Å². The van der Waals surface area contributed by atoms with Gasteiger partial charge in [-0.3, -0.25) is 4.79 Å². The van der Waals surface area contributed by atoms with Crippen molar-refractivity contribution in [2.75, 3.05) is 37.2 Å². The predicted molar refractivity (Wildman–Crippen MR) is 80.6 cm³/mol. The van der Waals surface area contributed by atoms with Crippen molar-refractivity contribution in [3.63, 3.8) is 0 Å². The smallest absolute Gasteiger partial charge is 0.267 e. The molecule has 1 rings (SSSR count). The molecule has 102 valence electrons. The number of thiazole rings is 1.